The number of aromatic amines is 1. The number of fused-ring (bicyclic) bond motifs is 1. The van der Waals surface area contributed by atoms with Crippen LogP contribution >= 0.6 is 7.60 Å². The minimum Gasteiger partial charge on any atom is -0.408 e. The highest BCUT2D eigenvalue weighted by molar-refractivity contribution is 7.51. The standard InChI is InChI=1S/C8H12N5O6P/c9-8-11-6-5(7(14)12-8)10-3-13(6)19-2-1-18-4-20(15,16)17/h3H,1-2,4H2,(H2,15,16,17)(H3,9,11,12,14). The van der Waals surface area contributed by atoms with Crippen molar-refractivity contribution in [1.82, 2.24) is 19.7 Å². The first kappa shape index (κ1) is 14.5. The Morgan fingerprint density at radius 1 is 1.45 bits per heavy atom. The van der Waals surface area contributed by atoms with Crippen molar-refractivity contribution in [3.05, 3.63) is 16.7 Å². The Kier molecular flexibility index (Phi) is 4.04. The van der Waals surface area contributed by atoms with Crippen LogP contribution in [0.2, 0.25) is 0 Å². The number of H-pyrrole nitrogens is 1. The molecule has 110 valence electrons. The molecule has 0 spiro atoms. The van der Waals surface area contributed by atoms with E-state index in [2.05, 4.69) is 15.0 Å². The van der Waals surface area contributed by atoms with Crippen LogP contribution < -0.4 is 16.1 Å². The van der Waals surface area contributed by atoms with Gasteiger partial charge in [0, 0.05) is 0 Å². The third-order valence-electron chi connectivity index (χ3n) is 2.11. The predicted molar refractivity (Wildman–Crippen MR) is 66.9 cm³/mol. The number of rotatable bonds is 6. The molecule has 12 heteroatoms. The molecule has 0 radical (unpaired) electrons. The maximum Gasteiger partial charge on any atom is 0.350 e. The molecule has 0 fully saturated rings. The third kappa shape index (κ3) is 3.54. The molecule has 0 unspecified atom stereocenters. The molecule has 0 aromatic carbocycles. The minimum atomic E-state index is -4.19. The third-order valence-corrected chi connectivity index (χ3v) is 2.63. The normalized spacial score (nSPS) is 11.9. The molecule has 20 heavy (non-hydrogen) atoms. The van der Waals surface area contributed by atoms with E-state index in [1.165, 1.54) is 6.33 Å². The van der Waals surface area contributed by atoms with E-state index in [1.54, 1.807) is 0 Å². The molecule has 0 aliphatic rings. The average molecular weight is 305 g/mol. The molecule has 2 heterocycles. The molecule has 0 amide bonds. The van der Waals surface area contributed by atoms with Crippen molar-refractivity contribution < 1.29 is 23.9 Å². The summed E-state index contributed by atoms with van der Waals surface area (Å²) >= 11 is 0. The van der Waals surface area contributed by atoms with Crippen LogP contribution in [0.3, 0.4) is 0 Å². The largest absolute Gasteiger partial charge is 0.408 e. The highest BCUT2D eigenvalue weighted by atomic mass is 31.2. The maximum atomic E-state index is 11.5. The van der Waals surface area contributed by atoms with E-state index in [9.17, 15) is 9.36 Å². The molecule has 5 N–H and O–H groups in total. The first-order valence-corrected chi connectivity index (χ1v) is 7.15. The lowest BCUT2D eigenvalue weighted by Crippen LogP contribution is -2.18. The van der Waals surface area contributed by atoms with Gasteiger partial charge in [-0.1, -0.05) is 0 Å². The summed E-state index contributed by atoms with van der Waals surface area (Å²) < 4.78 is 16.4. The summed E-state index contributed by atoms with van der Waals surface area (Å²) in [6.45, 7) is -0.0662. The van der Waals surface area contributed by atoms with Crippen molar-refractivity contribution >= 4 is 24.7 Å². The van der Waals surface area contributed by atoms with Crippen molar-refractivity contribution in [1.29, 1.82) is 0 Å². The van der Waals surface area contributed by atoms with E-state index in [1.807, 2.05) is 0 Å². The predicted octanol–water partition coefficient (Wildman–Crippen LogP) is -1.72. The fourth-order valence-corrected chi connectivity index (χ4v) is 1.75. The number of anilines is 1. The van der Waals surface area contributed by atoms with Gasteiger partial charge in [0.15, 0.2) is 5.52 Å². The van der Waals surface area contributed by atoms with Gasteiger partial charge in [0.05, 0.1) is 6.61 Å². The number of hydrogen-bond donors (Lipinski definition) is 4. The second-order valence-corrected chi connectivity index (χ2v) is 5.32. The minimum absolute atomic E-state index is 0.0140. The zero-order chi connectivity index (χ0) is 14.8. The Labute approximate surface area is 111 Å². The lowest BCUT2D eigenvalue weighted by molar-refractivity contribution is 0.0522. The average Bonchev–Trinajstić information content (AvgIpc) is 2.70. The Morgan fingerprint density at radius 3 is 2.90 bits per heavy atom. The molecule has 2 aromatic heterocycles. The van der Waals surface area contributed by atoms with E-state index in [0.717, 1.165) is 4.73 Å². The van der Waals surface area contributed by atoms with Crippen molar-refractivity contribution in [3.8, 4) is 0 Å². The van der Waals surface area contributed by atoms with Crippen molar-refractivity contribution in [2.75, 3.05) is 25.3 Å². The topological polar surface area (TPSA) is 166 Å². The Balaban J connectivity index is 1.97. The Bertz CT molecular complexity index is 705. The van der Waals surface area contributed by atoms with Gasteiger partial charge >= 0.3 is 7.60 Å². The van der Waals surface area contributed by atoms with E-state index < -0.39 is 19.5 Å². The summed E-state index contributed by atoms with van der Waals surface area (Å²) in [7, 11) is -4.19. The van der Waals surface area contributed by atoms with E-state index >= 15 is 0 Å². The summed E-state index contributed by atoms with van der Waals surface area (Å²) in [5.74, 6) is -0.0781. The van der Waals surface area contributed by atoms with Crippen LogP contribution in [-0.2, 0) is 9.30 Å². The molecule has 0 saturated heterocycles. The molecule has 0 atom stereocenters. The molecular formula is C8H12N5O6P. The van der Waals surface area contributed by atoms with Gasteiger partial charge in [-0.3, -0.25) is 14.3 Å². The number of ether oxygens (including phenoxy) is 1. The van der Waals surface area contributed by atoms with Gasteiger partial charge in [0.1, 0.15) is 19.3 Å². The van der Waals surface area contributed by atoms with Crippen LogP contribution in [-0.4, -0.2) is 49.0 Å². The van der Waals surface area contributed by atoms with Crippen molar-refractivity contribution in [2.45, 2.75) is 0 Å². The number of aromatic nitrogens is 4. The van der Waals surface area contributed by atoms with Gasteiger partial charge in [-0.2, -0.15) is 9.71 Å². The maximum absolute atomic E-state index is 11.5. The zero-order valence-electron chi connectivity index (χ0n) is 10.1. The van der Waals surface area contributed by atoms with Gasteiger partial charge < -0.3 is 25.1 Å². The quantitative estimate of drug-likeness (QED) is 0.358. The zero-order valence-corrected chi connectivity index (χ0v) is 11.0. The molecule has 2 rings (SSSR count). The molecular weight excluding hydrogens is 293 g/mol. The van der Waals surface area contributed by atoms with E-state index in [4.69, 9.17) is 25.1 Å². The summed E-state index contributed by atoms with van der Waals surface area (Å²) in [5, 5.41) is 0. The molecule has 2 aromatic rings. The fourth-order valence-electron chi connectivity index (χ4n) is 1.38. The van der Waals surface area contributed by atoms with Gasteiger partial charge in [0.2, 0.25) is 11.6 Å². The lowest BCUT2D eigenvalue weighted by Gasteiger charge is -2.08. The molecule has 0 aliphatic carbocycles. The van der Waals surface area contributed by atoms with E-state index in [-0.39, 0.29) is 30.3 Å². The second kappa shape index (κ2) is 5.59. The number of nitrogen functional groups attached to an aromatic ring is 1. The van der Waals surface area contributed by atoms with Crippen LogP contribution in [0.25, 0.3) is 11.2 Å². The molecule has 11 nitrogen and oxygen atoms in total. The summed E-state index contributed by atoms with van der Waals surface area (Å²) in [6.07, 6.45) is 0.543. The highest BCUT2D eigenvalue weighted by Crippen LogP contribution is 2.33. The first-order chi connectivity index (χ1) is 9.37. The summed E-state index contributed by atoms with van der Waals surface area (Å²) in [5.41, 5.74) is 5.11. The van der Waals surface area contributed by atoms with Gasteiger partial charge in [-0.15, -0.1) is 0 Å². The van der Waals surface area contributed by atoms with Crippen LogP contribution in [0, 0.1) is 0 Å². The molecule has 0 bridgehead atoms. The van der Waals surface area contributed by atoms with Gasteiger partial charge in [-0.25, -0.2) is 4.98 Å². The number of hydrogen-bond acceptors (Lipinski definition) is 7. The van der Waals surface area contributed by atoms with Crippen molar-refractivity contribution in [2.24, 2.45) is 0 Å². The fraction of sp³-hybridized carbons (Fsp3) is 0.375. The van der Waals surface area contributed by atoms with Crippen LogP contribution in [0.5, 0.6) is 0 Å². The number of imidazole rings is 1. The van der Waals surface area contributed by atoms with Crippen LogP contribution in [0.4, 0.5) is 5.95 Å². The number of nitrogens with zero attached hydrogens (tertiary/aromatic N) is 3. The summed E-state index contributed by atoms with van der Waals surface area (Å²) in [4.78, 5) is 43.8. The van der Waals surface area contributed by atoms with Gasteiger partial charge in [0.25, 0.3) is 5.56 Å². The van der Waals surface area contributed by atoms with Crippen molar-refractivity contribution in [3.63, 3.8) is 0 Å². The van der Waals surface area contributed by atoms with Crippen LogP contribution in [0.1, 0.15) is 0 Å². The highest BCUT2D eigenvalue weighted by Gasteiger charge is 2.13. The second-order valence-electron chi connectivity index (χ2n) is 3.73. The molecule has 0 aliphatic heterocycles. The smallest absolute Gasteiger partial charge is 0.350 e. The Hall–Kier alpha value is -1.94. The SMILES string of the molecule is Nc1nc2c(ncn2OCCOCP(=O)(O)O)c(=O)[nH]1. The number of nitrogens with two attached hydrogens (primary N) is 1. The van der Waals surface area contributed by atoms with Crippen LogP contribution in [0.15, 0.2) is 11.1 Å². The number of nitrogens with one attached hydrogen (secondary N) is 1. The Morgan fingerprint density at radius 2 is 2.20 bits per heavy atom. The summed E-state index contributed by atoms with van der Waals surface area (Å²) in [6, 6.07) is 0. The monoisotopic (exact) mass is 305 g/mol. The molecule has 0 saturated carbocycles. The lowest BCUT2D eigenvalue weighted by atomic mass is 10.5. The van der Waals surface area contributed by atoms with Gasteiger partial charge in [-0.05, 0) is 0 Å². The van der Waals surface area contributed by atoms with E-state index in [0.29, 0.717) is 0 Å². The first-order valence-electron chi connectivity index (χ1n) is 5.35.